The number of benzene rings is 2. The number of nitrogens with one attached hydrogen (secondary N) is 1. The van der Waals surface area contributed by atoms with Crippen molar-refractivity contribution in [3.8, 4) is 0 Å². The molecule has 1 fully saturated rings. The lowest BCUT2D eigenvalue weighted by Gasteiger charge is -2.26. The lowest BCUT2D eigenvalue weighted by molar-refractivity contribution is 0.383. The van der Waals surface area contributed by atoms with Crippen LogP contribution in [-0.2, 0) is 10.0 Å². The van der Waals surface area contributed by atoms with Crippen LogP contribution in [0.2, 0.25) is 0 Å². The van der Waals surface area contributed by atoms with Gasteiger partial charge in [-0.2, -0.15) is 0 Å². The van der Waals surface area contributed by atoms with Crippen molar-refractivity contribution < 1.29 is 8.42 Å². The Bertz CT molecular complexity index is 721. The highest BCUT2D eigenvalue weighted by atomic mass is 32.2. The maximum absolute atomic E-state index is 12.4. The van der Waals surface area contributed by atoms with E-state index >= 15 is 0 Å². The van der Waals surface area contributed by atoms with E-state index in [1.165, 1.54) is 0 Å². The maximum Gasteiger partial charge on any atom is 0.241 e. The molecule has 19 heavy (non-hydrogen) atoms. The fraction of sp³-hybridized carbons (Fsp3) is 0.286. The Morgan fingerprint density at radius 3 is 2.37 bits per heavy atom. The Morgan fingerprint density at radius 1 is 1.05 bits per heavy atom. The molecule has 0 radical (unpaired) electrons. The second-order valence-corrected chi connectivity index (χ2v) is 6.63. The van der Waals surface area contributed by atoms with Gasteiger partial charge >= 0.3 is 0 Å². The van der Waals surface area contributed by atoms with Crippen molar-refractivity contribution in [3.63, 3.8) is 0 Å². The van der Waals surface area contributed by atoms with Crippen molar-refractivity contribution in [2.75, 3.05) is 5.73 Å². The second-order valence-electron chi connectivity index (χ2n) is 4.95. The highest BCUT2D eigenvalue weighted by Gasteiger charge is 2.26. The number of sulfonamides is 1. The van der Waals surface area contributed by atoms with Gasteiger partial charge in [0.25, 0.3) is 0 Å². The normalized spacial score (nSPS) is 16.4. The van der Waals surface area contributed by atoms with E-state index in [2.05, 4.69) is 4.72 Å². The van der Waals surface area contributed by atoms with Gasteiger partial charge in [0.2, 0.25) is 10.0 Å². The highest BCUT2D eigenvalue weighted by Crippen LogP contribution is 2.29. The van der Waals surface area contributed by atoms with Crippen molar-refractivity contribution in [2.24, 2.45) is 0 Å². The number of hydrogen-bond donors (Lipinski definition) is 2. The Hall–Kier alpha value is -1.59. The van der Waals surface area contributed by atoms with Gasteiger partial charge in [-0.25, -0.2) is 13.1 Å². The molecule has 0 heterocycles. The Balaban J connectivity index is 2.11. The molecule has 1 aliphatic carbocycles. The molecule has 0 aromatic heterocycles. The summed E-state index contributed by atoms with van der Waals surface area (Å²) in [6, 6.07) is 10.6. The average Bonchev–Trinajstić information content (AvgIpc) is 2.35. The van der Waals surface area contributed by atoms with E-state index in [9.17, 15) is 8.42 Å². The lowest BCUT2D eigenvalue weighted by atomic mass is 9.94. The van der Waals surface area contributed by atoms with Crippen LogP contribution in [0.3, 0.4) is 0 Å². The van der Waals surface area contributed by atoms with Gasteiger partial charge in [0.1, 0.15) is 0 Å². The number of nitrogens with two attached hydrogens (primary N) is 1. The molecule has 3 rings (SSSR count). The molecule has 2 aromatic carbocycles. The molecule has 0 amide bonds. The second kappa shape index (κ2) is 4.51. The Kier molecular flexibility index (Phi) is 2.95. The van der Waals surface area contributed by atoms with Gasteiger partial charge in [-0.3, -0.25) is 0 Å². The summed E-state index contributed by atoms with van der Waals surface area (Å²) < 4.78 is 27.6. The molecule has 0 bridgehead atoms. The van der Waals surface area contributed by atoms with E-state index in [0.29, 0.717) is 16.0 Å². The van der Waals surface area contributed by atoms with Crippen molar-refractivity contribution in [1.29, 1.82) is 0 Å². The molecule has 0 unspecified atom stereocenters. The van der Waals surface area contributed by atoms with Crippen molar-refractivity contribution in [3.05, 3.63) is 36.4 Å². The minimum Gasteiger partial charge on any atom is -0.398 e. The Labute approximate surface area is 112 Å². The first-order valence-electron chi connectivity index (χ1n) is 6.37. The average molecular weight is 276 g/mol. The molecule has 2 aromatic rings. The number of rotatable bonds is 3. The van der Waals surface area contributed by atoms with Crippen molar-refractivity contribution in [2.45, 2.75) is 30.2 Å². The van der Waals surface area contributed by atoms with Gasteiger partial charge in [0.15, 0.2) is 0 Å². The largest absolute Gasteiger partial charge is 0.398 e. The molecule has 100 valence electrons. The van der Waals surface area contributed by atoms with Crippen LogP contribution in [0.1, 0.15) is 19.3 Å². The van der Waals surface area contributed by atoms with Crippen molar-refractivity contribution in [1.82, 2.24) is 4.72 Å². The molecule has 0 saturated heterocycles. The number of fused-ring (bicyclic) bond motifs is 1. The first kappa shape index (κ1) is 12.4. The quantitative estimate of drug-likeness (QED) is 0.845. The molecule has 1 saturated carbocycles. The van der Waals surface area contributed by atoms with Gasteiger partial charge < -0.3 is 5.73 Å². The van der Waals surface area contributed by atoms with Crippen LogP contribution in [-0.4, -0.2) is 14.5 Å². The number of hydrogen-bond acceptors (Lipinski definition) is 3. The summed E-state index contributed by atoms with van der Waals surface area (Å²) in [4.78, 5) is 0.309. The molecular formula is C14H16N2O2S. The van der Waals surface area contributed by atoms with Crippen LogP contribution < -0.4 is 10.5 Å². The molecule has 5 heteroatoms. The topological polar surface area (TPSA) is 72.2 Å². The van der Waals surface area contributed by atoms with Crippen LogP contribution in [0, 0.1) is 0 Å². The van der Waals surface area contributed by atoms with Crippen LogP contribution in [0.4, 0.5) is 5.69 Å². The van der Waals surface area contributed by atoms with Gasteiger partial charge in [-0.15, -0.1) is 0 Å². The number of anilines is 1. The molecule has 3 N–H and O–H groups in total. The summed E-state index contributed by atoms with van der Waals surface area (Å²) in [5.74, 6) is 0. The van der Waals surface area contributed by atoms with E-state index in [0.717, 1.165) is 24.6 Å². The minimum atomic E-state index is -3.47. The zero-order valence-electron chi connectivity index (χ0n) is 10.5. The SMILES string of the molecule is Nc1ccc(S(=O)(=O)NC2CCC2)c2ccccc12. The van der Waals surface area contributed by atoms with Crippen LogP contribution >= 0.6 is 0 Å². The highest BCUT2D eigenvalue weighted by molar-refractivity contribution is 7.89. The first-order chi connectivity index (χ1) is 9.08. The summed E-state index contributed by atoms with van der Waals surface area (Å²) in [7, 11) is -3.47. The minimum absolute atomic E-state index is 0.0846. The third-order valence-corrected chi connectivity index (χ3v) is 5.21. The first-order valence-corrected chi connectivity index (χ1v) is 7.86. The van der Waals surface area contributed by atoms with Crippen LogP contribution in [0.15, 0.2) is 41.3 Å². The smallest absolute Gasteiger partial charge is 0.241 e. The molecule has 0 atom stereocenters. The summed E-state index contributed by atoms with van der Waals surface area (Å²) in [5, 5.41) is 1.45. The van der Waals surface area contributed by atoms with E-state index < -0.39 is 10.0 Å². The van der Waals surface area contributed by atoms with Gasteiger partial charge in [-0.05, 0) is 25.0 Å². The maximum atomic E-state index is 12.4. The molecule has 4 nitrogen and oxygen atoms in total. The summed E-state index contributed by atoms with van der Waals surface area (Å²) in [6.45, 7) is 0. The standard InChI is InChI=1S/C14H16N2O2S/c15-13-8-9-14(12-7-2-1-6-11(12)13)19(17,18)16-10-4-3-5-10/h1-2,6-10,16H,3-5,15H2. The zero-order chi connectivity index (χ0) is 13.5. The van der Waals surface area contributed by atoms with Crippen molar-refractivity contribution >= 4 is 26.5 Å². The summed E-state index contributed by atoms with van der Waals surface area (Å²) in [5.41, 5.74) is 6.49. The summed E-state index contributed by atoms with van der Waals surface area (Å²) in [6.07, 6.45) is 2.94. The van der Waals surface area contributed by atoms with E-state index in [1.807, 2.05) is 18.2 Å². The van der Waals surface area contributed by atoms with Crippen LogP contribution in [0.5, 0.6) is 0 Å². The molecule has 0 spiro atoms. The van der Waals surface area contributed by atoms with Gasteiger partial charge in [-0.1, -0.05) is 30.7 Å². The summed E-state index contributed by atoms with van der Waals surface area (Å²) >= 11 is 0. The fourth-order valence-electron chi connectivity index (χ4n) is 2.34. The predicted octanol–water partition coefficient (Wildman–Crippen LogP) is 2.25. The predicted molar refractivity (Wildman–Crippen MR) is 76.3 cm³/mol. The third kappa shape index (κ3) is 2.19. The van der Waals surface area contributed by atoms with E-state index in [4.69, 9.17) is 5.73 Å². The van der Waals surface area contributed by atoms with E-state index in [1.54, 1.807) is 18.2 Å². The van der Waals surface area contributed by atoms with Gasteiger partial charge in [0.05, 0.1) is 4.90 Å². The zero-order valence-corrected chi connectivity index (χ0v) is 11.3. The Morgan fingerprint density at radius 2 is 1.74 bits per heavy atom. The molecule has 0 aliphatic heterocycles. The van der Waals surface area contributed by atoms with Gasteiger partial charge in [0, 0.05) is 22.5 Å². The number of nitrogen functional groups attached to an aromatic ring is 1. The third-order valence-electron chi connectivity index (χ3n) is 3.63. The molecular weight excluding hydrogens is 260 g/mol. The fourth-order valence-corrected chi connectivity index (χ4v) is 3.85. The van der Waals surface area contributed by atoms with Crippen LogP contribution in [0.25, 0.3) is 10.8 Å². The molecule has 1 aliphatic rings. The van der Waals surface area contributed by atoms with E-state index in [-0.39, 0.29) is 6.04 Å². The monoisotopic (exact) mass is 276 g/mol. The lowest BCUT2D eigenvalue weighted by Crippen LogP contribution is -2.39.